The van der Waals surface area contributed by atoms with E-state index < -0.39 is 24.5 Å². The van der Waals surface area contributed by atoms with Gasteiger partial charge in [-0.2, -0.15) is 13.2 Å². The second-order valence-electron chi connectivity index (χ2n) is 10.5. The Balaban J connectivity index is 1.40. The highest BCUT2D eigenvalue weighted by molar-refractivity contribution is 5.96. The number of benzene rings is 1. The van der Waals surface area contributed by atoms with Crippen LogP contribution in [0.25, 0.3) is 11.1 Å². The zero-order valence-corrected chi connectivity index (χ0v) is 21.8. The molecule has 4 heterocycles. The van der Waals surface area contributed by atoms with E-state index in [2.05, 4.69) is 10.2 Å². The summed E-state index contributed by atoms with van der Waals surface area (Å²) in [7, 11) is 0. The number of alkyl halides is 3. The summed E-state index contributed by atoms with van der Waals surface area (Å²) in [5.74, 6) is 0.584. The summed E-state index contributed by atoms with van der Waals surface area (Å²) in [5, 5.41) is 2.85. The van der Waals surface area contributed by atoms with E-state index in [0.717, 1.165) is 22.5 Å². The number of carbonyl (C=O) groups excluding carboxylic acids is 2. The molecule has 39 heavy (non-hydrogen) atoms. The summed E-state index contributed by atoms with van der Waals surface area (Å²) in [4.78, 5) is 35.5. The van der Waals surface area contributed by atoms with E-state index in [1.807, 2.05) is 31.2 Å². The number of pyridine rings is 1. The summed E-state index contributed by atoms with van der Waals surface area (Å²) >= 11 is 0. The van der Waals surface area contributed by atoms with Crippen LogP contribution in [0.5, 0.6) is 0 Å². The van der Waals surface area contributed by atoms with Crippen LogP contribution in [0.1, 0.15) is 24.8 Å². The van der Waals surface area contributed by atoms with Crippen molar-refractivity contribution < 1.29 is 27.5 Å². The van der Waals surface area contributed by atoms with Gasteiger partial charge in [-0.3, -0.25) is 9.69 Å². The molecule has 3 aliphatic rings. The third kappa shape index (κ3) is 6.44. The number of nitrogens with two attached hydrogens (primary N) is 1. The van der Waals surface area contributed by atoms with Crippen molar-refractivity contribution in [2.24, 2.45) is 11.7 Å². The Morgan fingerprint density at radius 3 is 2.56 bits per heavy atom. The molecule has 1 aromatic carbocycles. The minimum Gasteiger partial charge on any atom is -0.378 e. The van der Waals surface area contributed by atoms with Crippen LogP contribution in [0.2, 0.25) is 0 Å². The standard InChI is InChI=1S/C27H33F3N6O3/c1-17-2-3-21(32-26(38)35-5-4-18(15-35)14-27(28,29)30)13-22(17)19-10-23(34-6-8-39-9-7-34)33-24(11-19)36-16-20(31)12-25(36)37/h2-3,10-11,13,18,20H,4-9,12,14-16,31H2,1H3,(H,32,38)/t18?,20-/m1/s1. The van der Waals surface area contributed by atoms with Gasteiger partial charge >= 0.3 is 12.2 Å². The predicted molar refractivity (Wildman–Crippen MR) is 142 cm³/mol. The lowest BCUT2D eigenvalue weighted by Gasteiger charge is -2.29. The average molecular weight is 547 g/mol. The number of aryl methyl sites for hydroxylation is 1. The number of nitrogens with one attached hydrogen (secondary N) is 1. The number of hydrogen-bond acceptors (Lipinski definition) is 6. The summed E-state index contributed by atoms with van der Waals surface area (Å²) in [6, 6.07) is 8.64. The Kier molecular flexibility index (Phi) is 7.68. The van der Waals surface area contributed by atoms with Gasteiger partial charge in [0, 0.05) is 57.3 Å². The summed E-state index contributed by atoms with van der Waals surface area (Å²) < 4.78 is 43.8. The maximum Gasteiger partial charge on any atom is 0.389 e. The lowest BCUT2D eigenvalue weighted by atomic mass is 10.00. The van der Waals surface area contributed by atoms with Gasteiger partial charge in [-0.25, -0.2) is 9.78 Å². The van der Waals surface area contributed by atoms with Crippen LogP contribution in [0.15, 0.2) is 30.3 Å². The number of ether oxygens (including phenoxy) is 1. The predicted octanol–water partition coefficient (Wildman–Crippen LogP) is 3.76. The molecule has 1 aromatic heterocycles. The minimum atomic E-state index is -4.24. The highest BCUT2D eigenvalue weighted by Crippen LogP contribution is 2.34. The Morgan fingerprint density at radius 2 is 1.87 bits per heavy atom. The fourth-order valence-corrected chi connectivity index (χ4v) is 5.43. The number of rotatable bonds is 5. The SMILES string of the molecule is Cc1ccc(NC(=O)N2CCC(CC(F)(F)F)C2)cc1-c1cc(N2CCOCC2)nc(N2C[C@H](N)CC2=O)c1. The Labute approximate surface area is 225 Å². The molecule has 0 radical (unpaired) electrons. The van der Waals surface area contributed by atoms with Gasteiger partial charge in [-0.1, -0.05) is 6.07 Å². The Morgan fingerprint density at radius 1 is 1.13 bits per heavy atom. The minimum absolute atomic E-state index is 0.0761. The second kappa shape index (κ2) is 11.0. The molecular weight excluding hydrogens is 513 g/mol. The number of carbonyl (C=O) groups is 2. The molecular formula is C27H33F3N6O3. The van der Waals surface area contributed by atoms with E-state index >= 15 is 0 Å². The highest BCUT2D eigenvalue weighted by Gasteiger charge is 2.36. The molecule has 0 aliphatic carbocycles. The molecule has 210 valence electrons. The van der Waals surface area contributed by atoms with Gasteiger partial charge < -0.3 is 25.6 Å². The van der Waals surface area contributed by atoms with Crippen LogP contribution in [0.4, 0.5) is 35.3 Å². The fourth-order valence-electron chi connectivity index (χ4n) is 5.43. The average Bonchev–Trinajstić information content (AvgIpc) is 3.49. The normalized spacial score (nSPS) is 22.1. The van der Waals surface area contributed by atoms with Gasteiger partial charge in [0.15, 0.2) is 0 Å². The van der Waals surface area contributed by atoms with Crippen molar-refractivity contribution in [2.45, 2.75) is 38.4 Å². The summed E-state index contributed by atoms with van der Waals surface area (Å²) in [6.07, 6.45) is -4.53. The van der Waals surface area contributed by atoms with Crippen molar-refractivity contribution in [3.8, 4) is 11.1 Å². The molecule has 0 saturated carbocycles. The van der Waals surface area contributed by atoms with Crippen molar-refractivity contribution in [3.63, 3.8) is 0 Å². The van der Waals surface area contributed by atoms with Crippen molar-refractivity contribution in [1.29, 1.82) is 0 Å². The fraction of sp³-hybridized carbons (Fsp3) is 0.519. The van der Waals surface area contributed by atoms with Crippen molar-refractivity contribution in [3.05, 3.63) is 35.9 Å². The first-order chi connectivity index (χ1) is 18.6. The molecule has 2 atom stereocenters. The first-order valence-electron chi connectivity index (χ1n) is 13.2. The van der Waals surface area contributed by atoms with Crippen molar-refractivity contribution in [2.75, 3.05) is 61.1 Å². The third-order valence-corrected chi connectivity index (χ3v) is 7.46. The van der Waals surface area contributed by atoms with Crippen LogP contribution < -0.4 is 20.9 Å². The lowest BCUT2D eigenvalue weighted by Crippen LogP contribution is -2.37. The van der Waals surface area contributed by atoms with Crippen molar-refractivity contribution in [1.82, 2.24) is 9.88 Å². The maximum atomic E-state index is 12.9. The van der Waals surface area contributed by atoms with Crippen LogP contribution >= 0.6 is 0 Å². The van der Waals surface area contributed by atoms with E-state index in [1.54, 1.807) is 11.0 Å². The van der Waals surface area contributed by atoms with Crippen LogP contribution in [-0.2, 0) is 9.53 Å². The number of likely N-dealkylation sites (tertiary alicyclic amines) is 1. The number of hydrogen-bond donors (Lipinski definition) is 2. The third-order valence-electron chi connectivity index (χ3n) is 7.46. The van der Waals surface area contributed by atoms with Crippen LogP contribution in [0.3, 0.4) is 0 Å². The first kappa shape index (κ1) is 27.2. The number of morpholine rings is 1. The van der Waals surface area contributed by atoms with Gasteiger partial charge in [0.2, 0.25) is 5.91 Å². The van der Waals surface area contributed by atoms with Gasteiger partial charge in [-0.05, 0) is 60.2 Å². The first-order valence-corrected chi connectivity index (χ1v) is 13.2. The van der Waals surface area contributed by atoms with E-state index in [1.165, 1.54) is 4.90 Å². The number of anilines is 3. The summed E-state index contributed by atoms with van der Waals surface area (Å²) in [5.41, 5.74) is 9.21. The van der Waals surface area contributed by atoms with Gasteiger partial charge in [0.1, 0.15) is 11.6 Å². The molecule has 12 heteroatoms. The molecule has 3 amide bonds. The van der Waals surface area contributed by atoms with Crippen molar-refractivity contribution >= 4 is 29.3 Å². The largest absolute Gasteiger partial charge is 0.389 e. The zero-order chi connectivity index (χ0) is 27.7. The maximum absolute atomic E-state index is 12.9. The molecule has 3 N–H and O–H groups in total. The number of urea groups is 1. The molecule has 0 spiro atoms. The van der Waals surface area contributed by atoms with Gasteiger partial charge in [0.05, 0.1) is 13.2 Å². The Bertz CT molecular complexity index is 1230. The van der Waals surface area contributed by atoms with Gasteiger partial charge in [0.25, 0.3) is 0 Å². The molecule has 9 nitrogen and oxygen atoms in total. The van der Waals surface area contributed by atoms with Crippen LogP contribution in [-0.4, -0.2) is 80.0 Å². The molecule has 3 fully saturated rings. The molecule has 0 bridgehead atoms. The van der Waals surface area contributed by atoms with Gasteiger partial charge in [-0.15, -0.1) is 0 Å². The smallest absolute Gasteiger partial charge is 0.378 e. The summed E-state index contributed by atoms with van der Waals surface area (Å²) in [6.45, 7) is 5.20. The molecule has 3 saturated heterocycles. The number of nitrogens with zero attached hydrogens (tertiary/aromatic N) is 4. The molecule has 2 aromatic rings. The molecule has 1 unspecified atom stereocenters. The number of amides is 3. The second-order valence-corrected chi connectivity index (χ2v) is 10.5. The van der Waals surface area contributed by atoms with E-state index in [4.69, 9.17) is 15.5 Å². The topological polar surface area (TPSA) is 104 Å². The monoisotopic (exact) mass is 546 g/mol. The van der Waals surface area contributed by atoms with E-state index in [9.17, 15) is 22.8 Å². The quantitative estimate of drug-likeness (QED) is 0.592. The number of halogens is 3. The highest BCUT2D eigenvalue weighted by atomic mass is 19.4. The lowest BCUT2D eigenvalue weighted by molar-refractivity contribution is -0.143. The van der Waals surface area contributed by atoms with E-state index in [-0.39, 0.29) is 31.5 Å². The number of aromatic nitrogens is 1. The zero-order valence-electron chi connectivity index (χ0n) is 21.8. The molecule has 3 aliphatic heterocycles. The van der Waals surface area contributed by atoms with Crippen LogP contribution in [0, 0.1) is 12.8 Å². The van der Waals surface area contributed by atoms with E-state index in [0.29, 0.717) is 50.8 Å². The Hall–Kier alpha value is -3.38. The molecule has 5 rings (SSSR count).